The summed E-state index contributed by atoms with van der Waals surface area (Å²) in [5, 5.41) is 10.5. The second-order valence-electron chi connectivity index (χ2n) is 6.62. The minimum Gasteiger partial charge on any atom is -0.455 e. The van der Waals surface area contributed by atoms with Crippen molar-refractivity contribution < 1.29 is 14.6 Å². The van der Waals surface area contributed by atoms with Crippen molar-refractivity contribution in [1.29, 1.82) is 0 Å². The molecule has 0 spiro atoms. The van der Waals surface area contributed by atoms with Gasteiger partial charge in [0.05, 0.1) is 5.57 Å². The molecule has 2 aliphatic carbocycles. The Kier molecular flexibility index (Phi) is 4.08. The van der Waals surface area contributed by atoms with Crippen LogP contribution < -0.4 is 0 Å². The van der Waals surface area contributed by atoms with E-state index in [0.29, 0.717) is 11.5 Å². The third-order valence-electron chi connectivity index (χ3n) is 4.93. The number of benzene rings is 1. The summed E-state index contributed by atoms with van der Waals surface area (Å²) in [5.41, 5.74) is 0.871. The molecule has 118 valence electrons. The van der Waals surface area contributed by atoms with E-state index in [2.05, 4.69) is 26.5 Å². The Hall–Kier alpha value is -1.26. The summed E-state index contributed by atoms with van der Waals surface area (Å²) in [6.45, 7) is 4.15. The Bertz CT molecular complexity index is 586. The van der Waals surface area contributed by atoms with Crippen LogP contribution >= 0.6 is 12.6 Å². The number of hydrogen-bond acceptors (Lipinski definition) is 4. The molecule has 3 nitrogen and oxygen atoms in total. The van der Waals surface area contributed by atoms with Gasteiger partial charge in [0.25, 0.3) is 0 Å². The maximum absolute atomic E-state index is 11.5. The normalized spacial score (nSPS) is 35.2. The molecular weight excluding hydrogens is 296 g/mol. The Labute approximate surface area is 136 Å². The number of rotatable bonds is 0. The largest absolute Gasteiger partial charge is 0.455 e. The molecule has 1 aromatic rings. The van der Waals surface area contributed by atoms with Gasteiger partial charge in [0.2, 0.25) is 0 Å². The summed E-state index contributed by atoms with van der Waals surface area (Å²) in [5.74, 6) is 0.322. The minimum absolute atomic E-state index is 0.231. The van der Waals surface area contributed by atoms with Crippen LogP contribution in [-0.2, 0) is 9.53 Å². The molecular formula is C18H22O3S. The quantitative estimate of drug-likeness (QED) is 0.570. The average Bonchev–Trinajstić information content (AvgIpc) is 2.92. The van der Waals surface area contributed by atoms with Gasteiger partial charge in [-0.3, -0.25) is 0 Å². The highest BCUT2D eigenvalue weighted by molar-refractivity contribution is 7.80. The zero-order valence-electron chi connectivity index (χ0n) is 13.0. The van der Waals surface area contributed by atoms with Crippen molar-refractivity contribution in [2.24, 2.45) is 11.8 Å². The number of carbonyl (C=O) groups is 1. The molecule has 1 aromatic carbocycles. The molecule has 1 saturated carbocycles. The summed E-state index contributed by atoms with van der Waals surface area (Å²) in [4.78, 5) is 12.5. The van der Waals surface area contributed by atoms with Gasteiger partial charge in [-0.05, 0) is 50.2 Å². The van der Waals surface area contributed by atoms with Gasteiger partial charge in [0.15, 0.2) is 0 Å². The molecule has 0 amide bonds. The lowest BCUT2D eigenvalue weighted by molar-refractivity contribution is -0.140. The van der Waals surface area contributed by atoms with Gasteiger partial charge in [-0.25, -0.2) is 4.79 Å². The van der Waals surface area contributed by atoms with Gasteiger partial charge >= 0.3 is 5.97 Å². The first-order chi connectivity index (χ1) is 10.4. The lowest BCUT2D eigenvalue weighted by Gasteiger charge is -2.33. The molecule has 1 heterocycles. The number of aliphatic hydroxyl groups is 1. The smallest absolute Gasteiger partial charge is 0.337 e. The lowest BCUT2D eigenvalue weighted by atomic mass is 9.73. The fraction of sp³-hybridized carbons (Fsp3) is 0.500. The topological polar surface area (TPSA) is 46.5 Å². The maximum atomic E-state index is 11.5. The summed E-state index contributed by atoms with van der Waals surface area (Å²) in [7, 11) is 0. The summed E-state index contributed by atoms with van der Waals surface area (Å²) in [6, 6.07) is 8.06. The van der Waals surface area contributed by atoms with E-state index < -0.39 is 5.60 Å². The molecule has 1 aliphatic heterocycles. The highest BCUT2D eigenvalue weighted by Crippen LogP contribution is 2.52. The van der Waals surface area contributed by atoms with Crippen LogP contribution in [0.25, 0.3) is 0 Å². The Morgan fingerprint density at radius 3 is 2.59 bits per heavy atom. The third-order valence-corrected chi connectivity index (χ3v) is 5.23. The van der Waals surface area contributed by atoms with Crippen LogP contribution in [-0.4, -0.2) is 22.8 Å². The van der Waals surface area contributed by atoms with Gasteiger partial charge < -0.3 is 9.84 Å². The monoisotopic (exact) mass is 318 g/mol. The molecule has 4 heteroatoms. The number of ether oxygens (including phenoxy) is 1. The van der Waals surface area contributed by atoms with Crippen molar-refractivity contribution in [1.82, 2.24) is 0 Å². The van der Waals surface area contributed by atoms with Crippen LogP contribution in [0.2, 0.25) is 0 Å². The lowest BCUT2D eigenvalue weighted by Crippen LogP contribution is -2.43. The van der Waals surface area contributed by atoms with Crippen LogP contribution in [0.5, 0.6) is 0 Å². The van der Waals surface area contributed by atoms with Gasteiger partial charge in [0, 0.05) is 4.90 Å². The van der Waals surface area contributed by atoms with Gasteiger partial charge in [0.1, 0.15) is 11.7 Å². The van der Waals surface area contributed by atoms with E-state index >= 15 is 0 Å². The number of hydrogen-bond donors (Lipinski definition) is 2. The highest BCUT2D eigenvalue weighted by atomic mass is 32.1. The van der Waals surface area contributed by atoms with Crippen molar-refractivity contribution >= 4 is 18.6 Å². The molecule has 4 rings (SSSR count). The van der Waals surface area contributed by atoms with E-state index in [9.17, 15) is 9.90 Å². The van der Waals surface area contributed by atoms with Crippen molar-refractivity contribution in [3.8, 4) is 0 Å². The van der Waals surface area contributed by atoms with Crippen molar-refractivity contribution in [2.75, 3.05) is 0 Å². The number of thiol groups is 1. The van der Waals surface area contributed by atoms with E-state index in [1.807, 2.05) is 30.3 Å². The SMILES string of the molecule is CC1C=C2C(=O)O[C@@H]3CCC(C1)[C@]23O.Cc1ccc(S)cc1. The number of aryl methyl sites for hydroxylation is 1. The van der Waals surface area contributed by atoms with E-state index in [0.717, 1.165) is 24.2 Å². The predicted molar refractivity (Wildman–Crippen MR) is 87.8 cm³/mol. The number of carbonyl (C=O) groups excluding carboxylic acids is 1. The Balaban J connectivity index is 0.000000154. The highest BCUT2D eigenvalue weighted by Gasteiger charge is 2.61. The molecule has 4 atom stereocenters. The van der Waals surface area contributed by atoms with Crippen LogP contribution in [0.15, 0.2) is 40.8 Å². The first-order valence-electron chi connectivity index (χ1n) is 7.82. The molecule has 0 aromatic heterocycles. The van der Waals surface area contributed by atoms with E-state index in [4.69, 9.17) is 4.74 Å². The van der Waals surface area contributed by atoms with Crippen LogP contribution in [0, 0.1) is 18.8 Å². The van der Waals surface area contributed by atoms with Gasteiger partial charge in [-0.15, -0.1) is 12.6 Å². The fourth-order valence-corrected chi connectivity index (χ4v) is 3.95. The standard InChI is InChI=1S/C11H14O3.C7H8S/c1-6-4-7-2-3-9-11(7,13)8(5-6)10(12)14-9;1-6-2-4-7(8)5-3-6/h5-7,9,13H,2-4H2,1H3;2-5,8H,1H3/t6?,7?,9-,11+;/m1./s1. The van der Waals surface area contributed by atoms with Gasteiger partial charge in [-0.1, -0.05) is 30.7 Å². The number of esters is 1. The van der Waals surface area contributed by atoms with Crippen LogP contribution in [0.4, 0.5) is 0 Å². The molecule has 1 N–H and O–H groups in total. The van der Waals surface area contributed by atoms with Gasteiger partial charge in [-0.2, -0.15) is 0 Å². The van der Waals surface area contributed by atoms with E-state index in [1.54, 1.807) is 0 Å². The number of allylic oxidation sites excluding steroid dienone is 1. The summed E-state index contributed by atoms with van der Waals surface area (Å²) >= 11 is 4.13. The summed E-state index contributed by atoms with van der Waals surface area (Å²) < 4.78 is 5.19. The first-order valence-corrected chi connectivity index (χ1v) is 8.27. The van der Waals surface area contributed by atoms with Crippen LogP contribution in [0.3, 0.4) is 0 Å². The zero-order valence-corrected chi connectivity index (χ0v) is 13.8. The Morgan fingerprint density at radius 1 is 1.27 bits per heavy atom. The second-order valence-corrected chi connectivity index (χ2v) is 7.14. The molecule has 3 aliphatic rings. The zero-order chi connectivity index (χ0) is 15.9. The summed E-state index contributed by atoms with van der Waals surface area (Å²) in [6.07, 6.45) is 4.41. The van der Waals surface area contributed by atoms with Crippen molar-refractivity contribution in [3.05, 3.63) is 41.5 Å². The second kappa shape index (κ2) is 5.74. The fourth-order valence-electron chi connectivity index (χ4n) is 3.80. The van der Waals surface area contributed by atoms with E-state index in [-0.39, 0.29) is 18.0 Å². The maximum Gasteiger partial charge on any atom is 0.337 e. The molecule has 2 fully saturated rings. The van der Waals surface area contributed by atoms with Crippen molar-refractivity contribution in [3.63, 3.8) is 0 Å². The predicted octanol–water partition coefficient (Wildman–Crippen LogP) is 3.30. The average molecular weight is 318 g/mol. The molecule has 1 saturated heterocycles. The molecule has 0 radical (unpaired) electrons. The van der Waals surface area contributed by atoms with Crippen molar-refractivity contribution in [2.45, 2.75) is 49.7 Å². The molecule has 2 unspecified atom stereocenters. The van der Waals surface area contributed by atoms with Crippen LogP contribution in [0.1, 0.15) is 31.7 Å². The third kappa shape index (κ3) is 2.59. The molecule has 22 heavy (non-hydrogen) atoms. The Morgan fingerprint density at radius 2 is 1.95 bits per heavy atom. The molecule has 0 bridgehead atoms. The van der Waals surface area contributed by atoms with E-state index in [1.165, 1.54) is 5.56 Å². The minimum atomic E-state index is -0.941. The first kappa shape index (κ1) is 15.6.